The van der Waals surface area contributed by atoms with E-state index in [1.54, 1.807) is 6.08 Å². The van der Waals surface area contributed by atoms with Crippen molar-refractivity contribution in [1.82, 2.24) is 5.32 Å². The van der Waals surface area contributed by atoms with Crippen molar-refractivity contribution < 1.29 is 14.6 Å². The minimum Gasteiger partial charge on any atom is -0.394 e. The number of aliphatic hydroxyl groups excluding tert-OH is 1. The number of ether oxygens (including phenoxy) is 1. The normalized spacial score (nSPS) is 12.1. The molecule has 0 aromatic rings. The van der Waals surface area contributed by atoms with Crippen LogP contribution in [0.3, 0.4) is 0 Å². The van der Waals surface area contributed by atoms with E-state index in [0.717, 1.165) is 0 Å². The van der Waals surface area contributed by atoms with Gasteiger partial charge in [0, 0.05) is 13.2 Å². The smallest absolute Gasteiger partial charge is 0.237 e. The average molecular weight is 216 g/mol. The van der Waals surface area contributed by atoms with Crippen molar-refractivity contribution in [3.63, 3.8) is 0 Å². The summed E-state index contributed by atoms with van der Waals surface area (Å²) in [6.45, 7) is 4.93. The van der Waals surface area contributed by atoms with Gasteiger partial charge in [-0.3, -0.25) is 4.79 Å². The summed E-state index contributed by atoms with van der Waals surface area (Å²) in [5.74, 6) is -0.169. The summed E-state index contributed by atoms with van der Waals surface area (Å²) in [4.78, 5) is 11.3. The topological polar surface area (TPSA) is 84.6 Å². The predicted octanol–water partition coefficient (Wildman–Crippen LogP) is -0.595. The van der Waals surface area contributed by atoms with Crippen molar-refractivity contribution in [3.05, 3.63) is 12.7 Å². The van der Waals surface area contributed by atoms with Crippen LogP contribution in [-0.2, 0) is 9.53 Å². The lowest BCUT2D eigenvalue weighted by Gasteiger charge is -2.09. The van der Waals surface area contributed by atoms with Crippen molar-refractivity contribution in [2.75, 3.05) is 26.4 Å². The van der Waals surface area contributed by atoms with Gasteiger partial charge in [-0.05, 0) is 12.8 Å². The van der Waals surface area contributed by atoms with Crippen LogP contribution >= 0.6 is 0 Å². The molecule has 0 radical (unpaired) electrons. The summed E-state index contributed by atoms with van der Waals surface area (Å²) in [6, 6.07) is -0.513. The molecule has 0 saturated heterocycles. The van der Waals surface area contributed by atoms with E-state index in [9.17, 15) is 4.79 Å². The highest BCUT2D eigenvalue weighted by Crippen LogP contribution is 1.89. The van der Waals surface area contributed by atoms with Gasteiger partial charge < -0.3 is 20.9 Å². The number of hydrogen-bond donors (Lipinski definition) is 3. The van der Waals surface area contributed by atoms with Crippen LogP contribution in [0.15, 0.2) is 12.7 Å². The van der Waals surface area contributed by atoms with Crippen LogP contribution in [0.2, 0.25) is 0 Å². The minimum absolute atomic E-state index is 0.0244. The predicted molar refractivity (Wildman–Crippen MR) is 58.3 cm³/mol. The van der Waals surface area contributed by atoms with Crippen LogP contribution in [0.4, 0.5) is 0 Å². The van der Waals surface area contributed by atoms with Crippen LogP contribution in [0.25, 0.3) is 0 Å². The Morgan fingerprint density at radius 3 is 2.93 bits per heavy atom. The van der Waals surface area contributed by atoms with Crippen molar-refractivity contribution in [1.29, 1.82) is 0 Å². The number of amides is 1. The van der Waals surface area contributed by atoms with Crippen LogP contribution in [0.1, 0.15) is 12.8 Å². The van der Waals surface area contributed by atoms with E-state index in [2.05, 4.69) is 11.9 Å². The van der Waals surface area contributed by atoms with Crippen LogP contribution < -0.4 is 11.1 Å². The monoisotopic (exact) mass is 216 g/mol. The molecule has 88 valence electrons. The Morgan fingerprint density at radius 2 is 2.33 bits per heavy atom. The van der Waals surface area contributed by atoms with Gasteiger partial charge >= 0.3 is 0 Å². The molecular formula is C10H20N2O3. The zero-order chi connectivity index (χ0) is 11.5. The van der Waals surface area contributed by atoms with Gasteiger partial charge in [0.25, 0.3) is 0 Å². The second kappa shape index (κ2) is 9.64. The molecule has 0 aliphatic rings. The second-order valence-electron chi connectivity index (χ2n) is 3.11. The minimum atomic E-state index is -0.513. The fraction of sp³-hybridized carbons (Fsp3) is 0.700. The highest BCUT2D eigenvalue weighted by Gasteiger charge is 2.09. The van der Waals surface area contributed by atoms with E-state index < -0.39 is 6.04 Å². The third-order valence-corrected chi connectivity index (χ3v) is 1.76. The summed E-state index contributed by atoms with van der Waals surface area (Å²) in [6.07, 6.45) is 2.81. The number of carbonyl (C=O) groups excluding carboxylic acids is 1. The molecule has 0 rings (SSSR count). The summed E-state index contributed by atoms with van der Waals surface area (Å²) < 4.78 is 5.02. The highest BCUT2D eigenvalue weighted by molar-refractivity contribution is 5.81. The SMILES string of the molecule is C=CCC(N)C(=O)NCCCOCCO. The molecule has 5 heteroatoms. The zero-order valence-corrected chi connectivity index (χ0v) is 8.95. The standard InChI is InChI=1S/C10H20N2O3/c1-2-4-9(11)10(14)12-5-3-7-15-8-6-13/h2,9,13H,1,3-8,11H2,(H,12,14). The van der Waals surface area contributed by atoms with E-state index in [1.165, 1.54) is 0 Å². The molecule has 1 amide bonds. The molecule has 1 atom stereocenters. The number of aliphatic hydroxyl groups is 1. The molecule has 0 fully saturated rings. The van der Waals surface area contributed by atoms with E-state index in [-0.39, 0.29) is 12.5 Å². The fourth-order valence-electron chi connectivity index (χ4n) is 0.970. The van der Waals surface area contributed by atoms with Crippen molar-refractivity contribution >= 4 is 5.91 Å². The maximum atomic E-state index is 11.3. The average Bonchev–Trinajstić information content (AvgIpc) is 2.23. The zero-order valence-electron chi connectivity index (χ0n) is 8.95. The first kappa shape index (κ1) is 14.1. The molecule has 0 saturated carbocycles. The molecule has 15 heavy (non-hydrogen) atoms. The number of rotatable bonds is 9. The van der Waals surface area contributed by atoms with Gasteiger partial charge in [0.1, 0.15) is 0 Å². The lowest BCUT2D eigenvalue weighted by molar-refractivity contribution is -0.122. The number of hydrogen-bond acceptors (Lipinski definition) is 4. The molecule has 0 spiro atoms. The quantitative estimate of drug-likeness (QED) is 0.355. The third kappa shape index (κ3) is 8.11. The van der Waals surface area contributed by atoms with E-state index in [4.69, 9.17) is 15.6 Å². The van der Waals surface area contributed by atoms with Crippen LogP contribution in [0.5, 0.6) is 0 Å². The van der Waals surface area contributed by atoms with Gasteiger partial charge in [-0.2, -0.15) is 0 Å². The van der Waals surface area contributed by atoms with Gasteiger partial charge in [-0.15, -0.1) is 6.58 Å². The Hall–Kier alpha value is -0.910. The van der Waals surface area contributed by atoms with Crippen LogP contribution in [0, 0.1) is 0 Å². The van der Waals surface area contributed by atoms with E-state index in [0.29, 0.717) is 32.6 Å². The van der Waals surface area contributed by atoms with E-state index >= 15 is 0 Å². The Morgan fingerprint density at radius 1 is 1.60 bits per heavy atom. The fourth-order valence-corrected chi connectivity index (χ4v) is 0.970. The molecule has 0 aliphatic heterocycles. The first-order chi connectivity index (χ1) is 7.22. The van der Waals surface area contributed by atoms with Gasteiger partial charge in [0.15, 0.2) is 0 Å². The molecule has 0 aromatic heterocycles. The Balaban J connectivity index is 3.34. The lowest BCUT2D eigenvalue weighted by Crippen LogP contribution is -2.40. The van der Waals surface area contributed by atoms with Gasteiger partial charge in [0.05, 0.1) is 19.3 Å². The highest BCUT2D eigenvalue weighted by atomic mass is 16.5. The van der Waals surface area contributed by atoms with Crippen molar-refractivity contribution in [2.45, 2.75) is 18.9 Å². The molecule has 0 aromatic carbocycles. The summed E-state index contributed by atoms with van der Waals surface area (Å²) in [7, 11) is 0. The molecule has 0 bridgehead atoms. The third-order valence-electron chi connectivity index (χ3n) is 1.76. The van der Waals surface area contributed by atoms with E-state index in [1.807, 2.05) is 0 Å². The number of nitrogens with two attached hydrogens (primary N) is 1. The lowest BCUT2D eigenvalue weighted by atomic mass is 10.2. The first-order valence-electron chi connectivity index (χ1n) is 5.05. The Kier molecular flexibility index (Phi) is 9.05. The molecule has 4 N–H and O–H groups in total. The summed E-state index contributed by atoms with van der Waals surface area (Å²) in [5.41, 5.74) is 5.54. The maximum absolute atomic E-state index is 11.3. The largest absolute Gasteiger partial charge is 0.394 e. The van der Waals surface area contributed by atoms with Gasteiger partial charge in [-0.25, -0.2) is 0 Å². The molecule has 0 aliphatic carbocycles. The first-order valence-corrected chi connectivity index (χ1v) is 5.05. The number of nitrogens with one attached hydrogen (secondary N) is 1. The summed E-state index contributed by atoms with van der Waals surface area (Å²) >= 11 is 0. The van der Waals surface area contributed by atoms with Gasteiger partial charge in [0.2, 0.25) is 5.91 Å². The Bertz CT molecular complexity index is 186. The Labute approximate surface area is 90.3 Å². The van der Waals surface area contributed by atoms with Crippen molar-refractivity contribution in [3.8, 4) is 0 Å². The van der Waals surface area contributed by atoms with Crippen molar-refractivity contribution in [2.24, 2.45) is 5.73 Å². The maximum Gasteiger partial charge on any atom is 0.237 e. The summed E-state index contributed by atoms with van der Waals surface area (Å²) in [5, 5.41) is 11.1. The second-order valence-corrected chi connectivity index (χ2v) is 3.11. The molecule has 0 heterocycles. The molecular weight excluding hydrogens is 196 g/mol. The van der Waals surface area contributed by atoms with Gasteiger partial charge in [-0.1, -0.05) is 6.08 Å². The molecule has 1 unspecified atom stereocenters. The molecule has 5 nitrogen and oxygen atoms in total. The number of carbonyl (C=O) groups is 1. The van der Waals surface area contributed by atoms with Crippen LogP contribution in [-0.4, -0.2) is 43.4 Å².